The summed E-state index contributed by atoms with van der Waals surface area (Å²) in [7, 11) is 0.833. The zero-order valence-electron chi connectivity index (χ0n) is 32.0. The van der Waals surface area contributed by atoms with Crippen LogP contribution in [0.15, 0.2) is 126 Å². The number of para-hydroxylation sites is 2. The summed E-state index contributed by atoms with van der Waals surface area (Å²) in [5.41, 5.74) is 15.4. The Hall–Kier alpha value is -5.19. The van der Waals surface area contributed by atoms with Gasteiger partial charge in [-0.2, -0.15) is 4.57 Å². The molecule has 2 aromatic heterocycles. The van der Waals surface area contributed by atoms with Gasteiger partial charge < -0.3 is 4.42 Å². The average Bonchev–Trinajstić information content (AvgIpc) is 3.65. The van der Waals surface area contributed by atoms with Crippen LogP contribution < -0.4 is 9.75 Å². The minimum absolute atomic E-state index is 0.303. The Balaban J connectivity index is 1.41. The van der Waals surface area contributed by atoms with Gasteiger partial charge in [0.2, 0.25) is 0 Å². The van der Waals surface area contributed by atoms with Crippen LogP contribution in [0.5, 0.6) is 0 Å². The number of furan rings is 1. The first-order valence-corrected chi connectivity index (χ1v) is 22.2. The second-order valence-electron chi connectivity index (χ2n) is 16.2. The van der Waals surface area contributed by atoms with Crippen molar-refractivity contribution in [3.63, 3.8) is 0 Å². The van der Waals surface area contributed by atoms with Crippen molar-refractivity contribution in [2.24, 2.45) is 7.05 Å². The third-order valence-electron chi connectivity index (χ3n) is 10.9. The molecule has 2 heterocycles. The molecule has 0 aliphatic heterocycles. The first-order chi connectivity index (χ1) is 24.9. The second-order valence-corrected chi connectivity index (χ2v) is 21.2. The summed E-state index contributed by atoms with van der Waals surface area (Å²) in [5, 5.41) is 3.75. The summed E-state index contributed by atoms with van der Waals surface area (Å²) < 4.78 is 11.9. The molecule has 0 aliphatic carbocycles. The zero-order chi connectivity index (χ0) is 36.5. The maximum atomic E-state index is 7.01. The Morgan fingerprint density at radius 1 is 0.615 bits per heavy atom. The van der Waals surface area contributed by atoms with Gasteiger partial charge >= 0.3 is 0 Å². The number of fused-ring (bicyclic) bond motifs is 4. The molecule has 52 heavy (non-hydrogen) atoms. The van der Waals surface area contributed by atoms with E-state index < -0.39 is 8.07 Å². The number of nitrogens with zero attached hydrogens (tertiary/aromatic N) is 2. The summed E-state index contributed by atoms with van der Waals surface area (Å²) in [6.07, 6.45) is 0. The fourth-order valence-electron chi connectivity index (χ4n) is 8.00. The zero-order valence-corrected chi connectivity index (χ0v) is 33.0. The van der Waals surface area contributed by atoms with E-state index in [9.17, 15) is 0 Å². The molecule has 8 rings (SSSR count). The summed E-state index contributed by atoms with van der Waals surface area (Å²) in [4.78, 5) is 0. The van der Waals surface area contributed by atoms with Crippen LogP contribution in [0.25, 0.3) is 72.3 Å². The van der Waals surface area contributed by atoms with E-state index in [2.05, 4.69) is 192 Å². The molecular weight excluding hydrogens is 649 g/mol. The predicted molar refractivity (Wildman–Crippen MR) is 224 cm³/mol. The van der Waals surface area contributed by atoms with Gasteiger partial charge in [-0.15, -0.1) is 0 Å². The Morgan fingerprint density at radius 3 is 1.87 bits per heavy atom. The van der Waals surface area contributed by atoms with Gasteiger partial charge in [-0.3, -0.25) is 0 Å². The van der Waals surface area contributed by atoms with Gasteiger partial charge in [0.1, 0.15) is 16.8 Å². The Morgan fingerprint density at radius 2 is 1.21 bits per heavy atom. The van der Waals surface area contributed by atoms with Crippen molar-refractivity contribution in [1.82, 2.24) is 4.57 Å². The Bertz CT molecular complexity index is 2590. The van der Waals surface area contributed by atoms with Crippen LogP contribution in [-0.4, -0.2) is 12.6 Å². The lowest BCUT2D eigenvalue weighted by Crippen LogP contribution is -2.37. The molecule has 0 fully saturated rings. The lowest BCUT2D eigenvalue weighted by atomic mass is 9.88. The number of rotatable bonds is 7. The fourth-order valence-corrected chi connectivity index (χ4v) is 9.16. The summed E-state index contributed by atoms with van der Waals surface area (Å²) in [6, 6.07) is 44.9. The molecule has 0 spiro atoms. The molecule has 0 amide bonds. The summed E-state index contributed by atoms with van der Waals surface area (Å²) >= 11 is 0. The van der Waals surface area contributed by atoms with Gasteiger partial charge in [0.25, 0.3) is 5.82 Å². The summed E-state index contributed by atoms with van der Waals surface area (Å²) in [6.45, 7) is 18.7. The van der Waals surface area contributed by atoms with Crippen LogP contribution in [0, 0.1) is 6.92 Å². The molecule has 0 atom stereocenters. The van der Waals surface area contributed by atoms with Gasteiger partial charge in [0.05, 0.1) is 15.1 Å². The molecule has 0 unspecified atom stereocenters. The molecular formula is C48H49N2OSi+. The molecule has 0 N–H and O–H groups in total. The normalized spacial score (nSPS) is 12.3. The van der Waals surface area contributed by atoms with E-state index in [0.717, 1.165) is 33.3 Å². The van der Waals surface area contributed by atoms with Crippen molar-refractivity contribution < 1.29 is 8.98 Å². The Kier molecular flexibility index (Phi) is 8.34. The molecule has 0 bridgehead atoms. The molecule has 8 aromatic rings. The molecule has 6 aromatic carbocycles. The van der Waals surface area contributed by atoms with Crippen molar-refractivity contribution in [3.8, 4) is 39.3 Å². The van der Waals surface area contributed by atoms with E-state index in [-0.39, 0.29) is 0 Å². The highest BCUT2D eigenvalue weighted by Crippen LogP contribution is 2.43. The maximum absolute atomic E-state index is 7.01. The highest BCUT2D eigenvalue weighted by atomic mass is 28.3. The lowest BCUT2D eigenvalue weighted by Gasteiger charge is -2.21. The van der Waals surface area contributed by atoms with Gasteiger partial charge in [0, 0.05) is 21.9 Å². The minimum Gasteiger partial charge on any atom is -0.455 e. The largest absolute Gasteiger partial charge is 0.455 e. The van der Waals surface area contributed by atoms with Crippen molar-refractivity contribution in [2.45, 2.75) is 66.1 Å². The fraction of sp³-hybridized carbons (Fsp3) is 0.229. The van der Waals surface area contributed by atoms with Crippen molar-refractivity contribution >= 4 is 46.2 Å². The number of hydrogen-bond donors (Lipinski definition) is 0. The molecule has 0 radical (unpaired) electrons. The quantitative estimate of drug-likeness (QED) is 0.120. The van der Waals surface area contributed by atoms with Crippen LogP contribution in [0.2, 0.25) is 19.6 Å². The van der Waals surface area contributed by atoms with E-state index in [1.807, 2.05) is 0 Å². The van der Waals surface area contributed by atoms with Crippen LogP contribution in [-0.2, 0) is 7.05 Å². The van der Waals surface area contributed by atoms with Gasteiger partial charge in [-0.1, -0.05) is 137 Å². The third-order valence-corrected chi connectivity index (χ3v) is 13.0. The van der Waals surface area contributed by atoms with Gasteiger partial charge in [-0.25, -0.2) is 4.57 Å². The average molecular weight is 698 g/mol. The highest BCUT2D eigenvalue weighted by Gasteiger charge is 2.34. The molecule has 260 valence electrons. The first-order valence-electron chi connectivity index (χ1n) is 18.7. The van der Waals surface area contributed by atoms with Crippen LogP contribution in [0.1, 0.15) is 56.2 Å². The maximum Gasteiger partial charge on any atom is 0.299 e. The van der Waals surface area contributed by atoms with Gasteiger partial charge in [0.15, 0.2) is 16.6 Å². The van der Waals surface area contributed by atoms with E-state index >= 15 is 0 Å². The van der Waals surface area contributed by atoms with Crippen molar-refractivity contribution in [3.05, 3.63) is 138 Å². The van der Waals surface area contributed by atoms with Crippen LogP contribution in [0.3, 0.4) is 0 Å². The lowest BCUT2D eigenvalue weighted by molar-refractivity contribution is -0.633. The topological polar surface area (TPSA) is 21.9 Å². The number of aryl methyl sites for hydroxylation is 2. The van der Waals surface area contributed by atoms with E-state index in [0.29, 0.717) is 11.8 Å². The van der Waals surface area contributed by atoms with Gasteiger partial charge in [-0.05, 0) is 83.0 Å². The second kappa shape index (κ2) is 12.8. The smallest absolute Gasteiger partial charge is 0.299 e. The van der Waals surface area contributed by atoms with Crippen molar-refractivity contribution in [2.75, 3.05) is 0 Å². The molecule has 0 saturated heterocycles. The number of imidazole rings is 1. The van der Waals surface area contributed by atoms with E-state index in [1.54, 1.807) is 0 Å². The standard InChI is InChI=1S/C48H49N2OSi/c1-30(2)40-27-36(33-15-11-10-12-16-33)28-41(31(3)4)46(40)50-43-18-14-13-17-42(43)49(6)48(50)45-32(5)19-25-39-38-26-22-35(29-44(38)51-47(39)45)34-20-23-37(24-21-34)52(7,8)9/h10-31H,1-9H3/q+1. The summed E-state index contributed by atoms with van der Waals surface area (Å²) in [5.74, 6) is 1.73. The van der Waals surface area contributed by atoms with Crippen molar-refractivity contribution in [1.29, 1.82) is 0 Å². The first kappa shape index (κ1) is 33.9. The van der Waals surface area contributed by atoms with E-state index in [4.69, 9.17) is 4.42 Å². The Labute approximate surface area is 309 Å². The number of aromatic nitrogens is 2. The molecule has 4 heteroatoms. The monoisotopic (exact) mass is 697 g/mol. The van der Waals surface area contributed by atoms with Crippen LogP contribution >= 0.6 is 0 Å². The minimum atomic E-state index is -1.37. The van der Waals surface area contributed by atoms with Crippen LogP contribution in [0.4, 0.5) is 0 Å². The van der Waals surface area contributed by atoms with E-state index in [1.165, 1.54) is 60.9 Å². The SMILES string of the molecule is Cc1ccc2c(oc3cc(-c4ccc([Si](C)(C)C)cc4)ccc32)c1-c1n(-c2c(C(C)C)cc(-c3ccccc3)cc2C(C)C)c2ccccc2[n+]1C. The predicted octanol–water partition coefficient (Wildman–Crippen LogP) is 12.5. The highest BCUT2D eigenvalue weighted by molar-refractivity contribution is 6.88. The number of benzene rings is 6. The molecule has 0 saturated carbocycles. The molecule has 3 nitrogen and oxygen atoms in total. The molecule has 0 aliphatic rings. The number of hydrogen-bond acceptors (Lipinski definition) is 1. The third kappa shape index (κ3) is 5.61.